The maximum absolute atomic E-state index is 13.1. The first-order chi connectivity index (χ1) is 9.95. The van der Waals surface area contributed by atoms with Crippen LogP contribution in [0.25, 0.3) is 0 Å². The number of anilines is 1. The van der Waals surface area contributed by atoms with Crippen molar-refractivity contribution >= 4 is 11.6 Å². The molecule has 0 heterocycles. The molecule has 0 aromatic heterocycles. The number of hydrogen-bond acceptors (Lipinski definition) is 2. The van der Waals surface area contributed by atoms with E-state index in [1.165, 1.54) is 36.4 Å². The first-order valence-electron chi connectivity index (χ1n) is 6.45. The van der Waals surface area contributed by atoms with Crippen molar-refractivity contribution in [3.8, 4) is 0 Å². The molecule has 0 radical (unpaired) electrons. The van der Waals surface area contributed by atoms with E-state index in [0.29, 0.717) is 16.8 Å². The molecule has 2 N–H and O–H groups in total. The van der Waals surface area contributed by atoms with Gasteiger partial charge in [-0.3, -0.25) is 4.79 Å². The number of hydrogen-bond donors (Lipinski definition) is 2. The van der Waals surface area contributed by atoms with Gasteiger partial charge in [0, 0.05) is 5.69 Å². The summed E-state index contributed by atoms with van der Waals surface area (Å²) in [6, 6.07) is 9.46. The third-order valence-corrected chi connectivity index (χ3v) is 3.07. The van der Waals surface area contributed by atoms with Crippen molar-refractivity contribution in [1.82, 2.24) is 0 Å². The van der Waals surface area contributed by atoms with Gasteiger partial charge in [-0.2, -0.15) is 0 Å². The quantitative estimate of drug-likeness (QED) is 0.907. The van der Waals surface area contributed by atoms with E-state index in [-0.39, 0.29) is 12.2 Å². The molecule has 0 aliphatic carbocycles. The van der Waals surface area contributed by atoms with Crippen LogP contribution in [0.15, 0.2) is 42.5 Å². The van der Waals surface area contributed by atoms with Crippen LogP contribution in [0.4, 0.5) is 14.5 Å². The lowest BCUT2D eigenvalue weighted by Crippen LogP contribution is -2.16. The highest BCUT2D eigenvalue weighted by Crippen LogP contribution is 2.20. The number of amides is 1. The largest absolute Gasteiger partial charge is 0.388 e. The van der Waals surface area contributed by atoms with Crippen LogP contribution in [0.3, 0.4) is 0 Å². The highest BCUT2D eigenvalue weighted by Gasteiger charge is 2.14. The van der Waals surface area contributed by atoms with E-state index >= 15 is 0 Å². The van der Waals surface area contributed by atoms with Crippen molar-refractivity contribution in [3.63, 3.8) is 0 Å². The van der Waals surface area contributed by atoms with Gasteiger partial charge in [-0.25, -0.2) is 8.78 Å². The molecule has 0 aliphatic heterocycles. The monoisotopic (exact) mass is 291 g/mol. The number of benzene rings is 2. The van der Waals surface area contributed by atoms with Gasteiger partial charge in [-0.1, -0.05) is 12.1 Å². The summed E-state index contributed by atoms with van der Waals surface area (Å²) < 4.78 is 26.0. The number of halogens is 2. The number of carbonyl (C=O) groups excluding carboxylic acids is 1. The Balaban J connectivity index is 2.01. The lowest BCUT2D eigenvalue weighted by atomic mass is 10.1. The van der Waals surface area contributed by atoms with Crippen LogP contribution in [0.2, 0.25) is 0 Å². The molecule has 110 valence electrons. The Morgan fingerprint density at radius 3 is 2.57 bits per heavy atom. The van der Waals surface area contributed by atoms with Gasteiger partial charge in [-0.05, 0) is 48.4 Å². The van der Waals surface area contributed by atoms with Crippen LogP contribution in [-0.4, -0.2) is 11.0 Å². The van der Waals surface area contributed by atoms with Gasteiger partial charge in [0.15, 0.2) is 0 Å². The van der Waals surface area contributed by atoms with E-state index in [4.69, 9.17) is 0 Å². The normalized spacial score (nSPS) is 12.0. The molecule has 0 spiro atoms. The summed E-state index contributed by atoms with van der Waals surface area (Å²) in [6.45, 7) is 1.67. The Morgan fingerprint density at radius 2 is 1.90 bits per heavy atom. The SMILES string of the molecule is Cc1cc(F)ccc1NC(=O)CC(O)c1cccc(F)c1. The second-order valence-corrected chi connectivity index (χ2v) is 4.78. The standard InChI is InChI=1S/C16H15F2NO2/c1-10-7-13(18)5-6-14(10)19-16(21)9-15(20)11-3-2-4-12(17)8-11/h2-8,15,20H,9H2,1H3,(H,19,21). The summed E-state index contributed by atoms with van der Waals surface area (Å²) in [4.78, 5) is 11.9. The average Bonchev–Trinajstić information content (AvgIpc) is 2.42. The number of aliphatic hydroxyl groups is 1. The highest BCUT2D eigenvalue weighted by atomic mass is 19.1. The van der Waals surface area contributed by atoms with Crippen molar-refractivity contribution in [3.05, 3.63) is 65.2 Å². The van der Waals surface area contributed by atoms with Gasteiger partial charge in [0.05, 0.1) is 12.5 Å². The highest BCUT2D eigenvalue weighted by molar-refractivity contribution is 5.91. The molecule has 2 aromatic carbocycles. The molecule has 0 bridgehead atoms. The number of nitrogens with one attached hydrogen (secondary N) is 1. The maximum atomic E-state index is 13.1. The first kappa shape index (κ1) is 15.1. The van der Waals surface area contributed by atoms with Crippen LogP contribution in [0.5, 0.6) is 0 Å². The van der Waals surface area contributed by atoms with Crippen molar-refractivity contribution < 1.29 is 18.7 Å². The van der Waals surface area contributed by atoms with Crippen LogP contribution in [-0.2, 0) is 4.79 Å². The summed E-state index contributed by atoms with van der Waals surface area (Å²) in [5, 5.41) is 12.5. The van der Waals surface area contributed by atoms with Crippen molar-refractivity contribution in [2.24, 2.45) is 0 Å². The van der Waals surface area contributed by atoms with Crippen LogP contribution in [0, 0.1) is 18.6 Å². The van der Waals surface area contributed by atoms with Crippen molar-refractivity contribution in [2.75, 3.05) is 5.32 Å². The molecule has 0 saturated heterocycles. The van der Waals surface area contributed by atoms with E-state index in [2.05, 4.69) is 5.32 Å². The Bertz CT molecular complexity index is 658. The van der Waals surface area contributed by atoms with Gasteiger partial charge in [0.25, 0.3) is 0 Å². The molecule has 0 fully saturated rings. The summed E-state index contributed by atoms with van der Waals surface area (Å²) >= 11 is 0. The fourth-order valence-corrected chi connectivity index (χ4v) is 1.98. The summed E-state index contributed by atoms with van der Waals surface area (Å²) in [5.41, 5.74) is 1.40. The second-order valence-electron chi connectivity index (χ2n) is 4.78. The Labute approximate surface area is 121 Å². The molecule has 1 unspecified atom stereocenters. The molecule has 1 amide bonds. The molecule has 0 aliphatic rings. The zero-order valence-corrected chi connectivity index (χ0v) is 11.4. The van der Waals surface area contributed by atoms with E-state index in [9.17, 15) is 18.7 Å². The molecule has 1 atom stereocenters. The van der Waals surface area contributed by atoms with Crippen LogP contribution >= 0.6 is 0 Å². The molecule has 0 saturated carbocycles. The van der Waals surface area contributed by atoms with Gasteiger partial charge in [-0.15, -0.1) is 0 Å². The van der Waals surface area contributed by atoms with Crippen LogP contribution < -0.4 is 5.32 Å². The first-order valence-corrected chi connectivity index (χ1v) is 6.45. The average molecular weight is 291 g/mol. The maximum Gasteiger partial charge on any atom is 0.227 e. The minimum absolute atomic E-state index is 0.208. The Morgan fingerprint density at radius 1 is 1.19 bits per heavy atom. The molecule has 5 heteroatoms. The fraction of sp³-hybridized carbons (Fsp3) is 0.188. The Hall–Kier alpha value is -2.27. The van der Waals surface area contributed by atoms with Crippen molar-refractivity contribution in [2.45, 2.75) is 19.4 Å². The minimum Gasteiger partial charge on any atom is -0.388 e. The summed E-state index contributed by atoms with van der Waals surface area (Å²) in [6.07, 6.45) is -1.30. The van der Waals surface area contributed by atoms with Crippen molar-refractivity contribution in [1.29, 1.82) is 0 Å². The summed E-state index contributed by atoms with van der Waals surface area (Å²) in [7, 11) is 0. The lowest BCUT2D eigenvalue weighted by Gasteiger charge is -2.12. The van der Waals surface area contributed by atoms with Gasteiger partial charge < -0.3 is 10.4 Å². The van der Waals surface area contributed by atoms with Crippen LogP contribution in [0.1, 0.15) is 23.7 Å². The number of rotatable bonds is 4. The smallest absolute Gasteiger partial charge is 0.227 e. The minimum atomic E-state index is -1.10. The van der Waals surface area contributed by atoms with E-state index in [0.717, 1.165) is 0 Å². The molecule has 2 rings (SSSR count). The third-order valence-electron chi connectivity index (χ3n) is 3.07. The topological polar surface area (TPSA) is 49.3 Å². The summed E-state index contributed by atoms with van der Waals surface area (Å²) in [5.74, 6) is -1.28. The lowest BCUT2D eigenvalue weighted by molar-refractivity contribution is -0.118. The molecule has 2 aromatic rings. The molecule has 3 nitrogen and oxygen atoms in total. The molecule has 21 heavy (non-hydrogen) atoms. The van der Waals surface area contributed by atoms with E-state index in [1.807, 2.05) is 0 Å². The predicted octanol–water partition coefficient (Wildman–Crippen LogP) is 3.34. The van der Waals surface area contributed by atoms with E-state index < -0.39 is 17.8 Å². The number of aryl methyl sites for hydroxylation is 1. The zero-order valence-electron chi connectivity index (χ0n) is 11.4. The number of aliphatic hydroxyl groups excluding tert-OH is 1. The second kappa shape index (κ2) is 6.45. The van der Waals surface area contributed by atoms with E-state index in [1.54, 1.807) is 13.0 Å². The van der Waals surface area contributed by atoms with Gasteiger partial charge >= 0.3 is 0 Å². The van der Waals surface area contributed by atoms with Gasteiger partial charge in [0.2, 0.25) is 5.91 Å². The third kappa shape index (κ3) is 4.10. The number of carbonyl (C=O) groups is 1. The zero-order chi connectivity index (χ0) is 15.4. The van der Waals surface area contributed by atoms with Gasteiger partial charge in [0.1, 0.15) is 11.6 Å². The molecular formula is C16H15F2NO2. The molecular weight excluding hydrogens is 276 g/mol. The Kier molecular flexibility index (Phi) is 4.65. The predicted molar refractivity (Wildman–Crippen MR) is 75.7 cm³/mol. The fourth-order valence-electron chi connectivity index (χ4n) is 1.98.